The first-order chi connectivity index (χ1) is 16.9. The van der Waals surface area contributed by atoms with E-state index in [2.05, 4.69) is 36.8 Å². The van der Waals surface area contributed by atoms with Gasteiger partial charge in [-0.1, -0.05) is 27.7 Å². The van der Waals surface area contributed by atoms with Gasteiger partial charge in [0.15, 0.2) is 0 Å². The van der Waals surface area contributed by atoms with Crippen molar-refractivity contribution in [1.82, 2.24) is 10.2 Å². The van der Waals surface area contributed by atoms with E-state index in [1.165, 1.54) is 23.9 Å². The summed E-state index contributed by atoms with van der Waals surface area (Å²) in [5, 5.41) is 9.48. The molecule has 0 unspecified atom stereocenters. The molecule has 0 aliphatic carbocycles. The zero-order chi connectivity index (χ0) is 26.1. The minimum atomic E-state index is -4.44. The van der Waals surface area contributed by atoms with Gasteiger partial charge < -0.3 is 25.6 Å². The Morgan fingerprint density at radius 2 is 1.89 bits per heavy atom. The average Bonchev–Trinajstić information content (AvgIpc) is 2.77. The highest BCUT2D eigenvalue weighted by Gasteiger charge is 2.34. The number of rotatable bonds is 5. The minimum Gasteiger partial charge on any atom is -0.444 e. The summed E-state index contributed by atoms with van der Waals surface area (Å²) in [4.78, 5) is 15.5. The molecule has 0 bridgehead atoms. The van der Waals surface area contributed by atoms with Crippen molar-refractivity contribution in [3.63, 3.8) is 0 Å². The minimum absolute atomic E-state index is 0.0470. The maximum absolute atomic E-state index is 13.7. The van der Waals surface area contributed by atoms with Crippen LogP contribution in [0.2, 0.25) is 0 Å². The molecule has 1 fully saturated rings. The van der Waals surface area contributed by atoms with Crippen LogP contribution in [0, 0.1) is 0 Å². The Kier molecular flexibility index (Phi) is 8.01. The molecule has 2 aromatic rings. The number of fused-ring (bicyclic) bond motifs is 2. The Hall–Kier alpha value is -2.11. The summed E-state index contributed by atoms with van der Waals surface area (Å²) >= 11 is 4.76. The van der Waals surface area contributed by atoms with Crippen LogP contribution < -0.4 is 16.0 Å². The summed E-state index contributed by atoms with van der Waals surface area (Å²) in [5.41, 5.74) is 0.800. The van der Waals surface area contributed by atoms with Crippen LogP contribution in [0.1, 0.15) is 39.2 Å². The second kappa shape index (κ2) is 10.7. The normalized spacial score (nSPS) is 16.5. The number of nitrogens with one attached hydrogen (secondary N) is 3. The topological polar surface area (TPSA) is 65.6 Å². The smallest absolute Gasteiger partial charge is 0.416 e. The molecule has 196 valence electrons. The van der Waals surface area contributed by atoms with E-state index in [0.29, 0.717) is 29.4 Å². The molecule has 4 rings (SSSR count). The molecule has 2 aliphatic heterocycles. The molecule has 1 saturated heterocycles. The number of benzene rings is 2. The summed E-state index contributed by atoms with van der Waals surface area (Å²) in [5.74, 6) is 0. The third-order valence-corrected chi connectivity index (χ3v) is 7.49. The number of carbonyl (C=O) groups is 1. The molecule has 6 nitrogen and oxygen atoms in total. The number of halogens is 4. The van der Waals surface area contributed by atoms with Gasteiger partial charge in [0.25, 0.3) is 0 Å². The Labute approximate surface area is 221 Å². The van der Waals surface area contributed by atoms with Crippen LogP contribution in [0.15, 0.2) is 44.6 Å². The molecular weight excluding hydrogens is 557 g/mol. The Morgan fingerprint density at radius 3 is 2.56 bits per heavy atom. The molecule has 2 aliphatic rings. The lowest BCUT2D eigenvalue weighted by Crippen LogP contribution is -2.43. The molecule has 0 atom stereocenters. The zero-order valence-electron chi connectivity index (χ0n) is 20.4. The number of likely N-dealkylation sites (tertiary alicyclic amines) is 1. The average molecular weight is 588 g/mol. The standard InChI is InChI=1S/C25H30BrF3N4O2S/c1-24(2,3)35-23(34)30-8-11-33-9-6-17(7-10-33)31-19-12-15(25(27,28)29)13-21-22(19)32-18-5-4-16(26)14-20(18)36-21/h4-5,12-14,17,31-32H,6-11H2,1-3H3,(H,30,34). The van der Waals surface area contributed by atoms with E-state index >= 15 is 0 Å². The highest BCUT2D eigenvalue weighted by atomic mass is 79.9. The lowest BCUT2D eigenvalue weighted by molar-refractivity contribution is -0.137. The fourth-order valence-electron chi connectivity index (χ4n) is 4.19. The Morgan fingerprint density at radius 1 is 1.17 bits per heavy atom. The SMILES string of the molecule is CC(C)(C)OC(=O)NCCN1CCC(Nc2cc(C(F)(F)F)cc3c2Nc2ccc(Br)cc2S3)CC1. The van der Waals surface area contributed by atoms with Gasteiger partial charge in [-0.2, -0.15) is 13.2 Å². The van der Waals surface area contributed by atoms with E-state index < -0.39 is 23.4 Å². The molecule has 11 heteroatoms. The van der Waals surface area contributed by atoms with Crippen molar-refractivity contribution in [1.29, 1.82) is 0 Å². The summed E-state index contributed by atoms with van der Waals surface area (Å²) in [6.45, 7) is 8.19. The van der Waals surface area contributed by atoms with Crippen molar-refractivity contribution in [2.45, 2.75) is 61.2 Å². The number of amides is 1. The molecule has 0 radical (unpaired) electrons. The van der Waals surface area contributed by atoms with Crippen LogP contribution in [-0.2, 0) is 10.9 Å². The van der Waals surface area contributed by atoms with Gasteiger partial charge in [0.1, 0.15) is 5.60 Å². The fourth-order valence-corrected chi connectivity index (χ4v) is 5.80. The first-order valence-electron chi connectivity index (χ1n) is 11.8. The van der Waals surface area contributed by atoms with Gasteiger partial charge in [-0.15, -0.1) is 0 Å². The Bertz CT molecular complexity index is 1120. The van der Waals surface area contributed by atoms with Crippen molar-refractivity contribution in [2.24, 2.45) is 0 Å². The van der Waals surface area contributed by atoms with E-state index in [1.54, 1.807) is 0 Å². The van der Waals surface area contributed by atoms with Crippen LogP contribution >= 0.6 is 27.7 Å². The summed E-state index contributed by atoms with van der Waals surface area (Å²) < 4.78 is 47.2. The van der Waals surface area contributed by atoms with E-state index in [1.807, 2.05) is 39.0 Å². The first kappa shape index (κ1) is 26.9. The molecule has 1 amide bonds. The summed E-state index contributed by atoms with van der Waals surface area (Å²) in [7, 11) is 0. The summed E-state index contributed by atoms with van der Waals surface area (Å²) in [6.07, 6.45) is -3.30. The lowest BCUT2D eigenvalue weighted by Gasteiger charge is -2.34. The Balaban J connectivity index is 1.39. The van der Waals surface area contributed by atoms with E-state index in [0.717, 1.165) is 41.0 Å². The van der Waals surface area contributed by atoms with Crippen molar-refractivity contribution in [3.8, 4) is 0 Å². The number of hydrogen-bond donors (Lipinski definition) is 3. The molecule has 2 aromatic carbocycles. The van der Waals surface area contributed by atoms with Crippen LogP contribution in [0.5, 0.6) is 0 Å². The van der Waals surface area contributed by atoms with Crippen molar-refractivity contribution in [2.75, 3.05) is 36.8 Å². The largest absolute Gasteiger partial charge is 0.444 e. The fraction of sp³-hybridized carbons (Fsp3) is 0.480. The van der Waals surface area contributed by atoms with Crippen molar-refractivity contribution in [3.05, 3.63) is 40.4 Å². The van der Waals surface area contributed by atoms with E-state index in [-0.39, 0.29) is 6.04 Å². The monoisotopic (exact) mass is 586 g/mol. The predicted octanol–water partition coefficient (Wildman–Crippen LogP) is 7.08. The molecule has 2 heterocycles. The van der Waals surface area contributed by atoms with Gasteiger partial charge >= 0.3 is 12.3 Å². The van der Waals surface area contributed by atoms with Crippen LogP contribution in [0.25, 0.3) is 0 Å². The highest BCUT2D eigenvalue weighted by Crippen LogP contribution is 2.50. The number of anilines is 3. The van der Waals surface area contributed by atoms with Gasteiger partial charge in [0.05, 0.1) is 22.6 Å². The maximum atomic E-state index is 13.7. The number of alkyl halides is 3. The number of hydrogen-bond acceptors (Lipinski definition) is 6. The lowest BCUT2D eigenvalue weighted by atomic mass is 10.0. The number of piperidine rings is 1. The number of ether oxygens (including phenoxy) is 1. The van der Waals surface area contributed by atoms with Crippen molar-refractivity contribution >= 4 is 50.8 Å². The van der Waals surface area contributed by atoms with Gasteiger partial charge in [-0.3, -0.25) is 0 Å². The number of nitrogens with zero attached hydrogens (tertiary/aromatic N) is 1. The van der Waals surface area contributed by atoms with Crippen LogP contribution in [0.4, 0.5) is 35.0 Å². The third kappa shape index (κ3) is 7.01. The number of carbonyl (C=O) groups excluding carboxylic acids is 1. The second-order valence-electron chi connectivity index (χ2n) is 9.95. The second-order valence-corrected chi connectivity index (χ2v) is 12.0. The quantitative estimate of drug-likeness (QED) is 0.297. The molecule has 0 spiro atoms. The van der Waals surface area contributed by atoms with Crippen LogP contribution in [-0.4, -0.2) is 48.8 Å². The number of alkyl carbamates (subject to hydrolysis) is 1. The highest BCUT2D eigenvalue weighted by molar-refractivity contribution is 9.10. The molecule has 0 saturated carbocycles. The van der Waals surface area contributed by atoms with Crippen LogP contribution in [0.3, 0.4) is 0 Å². The van der Waals surface area contributed by atoms with Crippen molar-refractivity contribution < 1.29 is 22.7 Å². The van der Waals surface area contributed by atoms with Gasteiger partial charge in [0.2, 0.25) is 0 Å². The molecule has 3 N–H and O–H groups in total. The van der Waals surface area contributed by atoms with Gasteiger partial charge in [0, 0.05) is 46.5 Å². The predicted molar refractivity (Wildman–Crippen MR) is 140 cm³/mol. The first-order valence-corrected chi connectivity index (χ1v) is 13.4. The maximum Gasteiger partial charge on any atom is 0.416 e. The summed E-state index contributed by atoms with van der Waals surface area (Å²) in [6, 6.07) is 8.18. The van der Waals surface area contributed by atoms with E-state index in [9.17, 15) is 18.0 Å². The van der Waals surface area contributed by atoms with Gasteiger partial charge in [-0.05, 0) is 63.9 Å². The van der Waals surface area contributed by atoms with Gasteiger partial charge in [-0.25, -0.2) is 4.79 Å². The molecular formula is C25H30BrF3N4O2S. The third-order valence-electron chi connectivity index (χ3n) is 5.90. The molecule has 36 heavy (non-hydrogen) atoms. The van der Waals surface area contributed by atoms with E-state index in [4.69, 9.17) is 4.74 Å². The zero-order valence-corrected chi connectivity index (χ0v) is 22.8. The molecule has 0 aromatic heterocycles.